The molecule has 0 spiro atoms. The quantitative estimate of drug-likeness (QED) is 0.764. The Labute approximate surface area is 105 Å². The minimum Gasteiger partial charge on any atom is -0.396 e. The molecule has 0 amide bonds. The van der Waals surface area contributed by atoms with Crippen LogP contribution in [0.2, 0.25) is 5.02 Å². The van der Waals surface area contributed by atoms with E-state index in [1.165, 1.54) is 0 Å². The van der Waals surface area contributed by atoms with Crippen LogP contribution < -0.4 is 16.8 Å². The fourth-order valence-corrected chi connectivity index (χ4v) is 1.69. The smallest absolute Gasteiger partial charge is 0.149 e. The van der Waals surface area contributed by atoms with Gasteiger partial charge >= 0.3 is 0 Å². The van der Waals surface area contributed by atoms with E-state index in [9.17, 15) is 0 Å². The van der Waals surface area contributed by atoms with Crippen LogP contribution in [0.4, 0.5) is 23.0 Å². The monoisotopic (exact) mass is 248 g/mol. The van der Waals surface area contributed by atoms with Crippen LogP contribution in [-0.2, 0) is 0 Å². The van der Waals surface area contributed by atoms with Crippen molar-refractivity contribution in [3.8, 4) is 0 Å². The largest absolute Gasteiger partial charge is 0.396 e. The van der Waals surface area contributed by atoms with Crippen LogP contribution >= 0.6 is 11.6 Å². The van der Waals surface area contributed by atoms with Crippen molar-refractivity contribution in [3.63, 3.8) is 0 Å². The van der Waals surface area contributed by atoms with Gasteiger partial charge in [-0.25, -0.2) is 4.98 Å². The summed E-state index contributed by atoms with van der Waals surface area (Å²) in [7, 11) is 0. The molecule has 0 saturated carbocycles. The Hall–Kier alpha value is -1.94. The summed E-state index contributed by atoms with van der Waals surface area (Å²) in [5, 5.41) is 3.87. The lowest BCUT2D eigenvalue weighted by molar-refractivity contribution is 1.30. The van der Waals surface area contributed by atoms with Gasteiger partial charge in [0.15, 0.2) is 0 Å². The standard InChI is InChI=1S/C12H13ClN4/c1-7-6-8(13)2-4-10(7)16-11-5-3-9(14)12(15)17-11/h2-6H,14H2,1H3,(H3,15,16,17). The maximum absolute atomic E-state index is 5.89. The number of aromatic nitrogens is 1. The molecule has 5 heteroatoms. The average Bonchev–Trinajstić information content (AvgIpc) is 2.27. The second-order valence-corrected chi connectivity index (χ2v) is 4.19. The third-order valence-corrected chi connectivity index (χ3v) is 2.64. The lowest BCUT2D eigenvalue weighted by Gasteiger charge is -2.10. The molecule has 1 aromatic heterocycles. The van der Waals surface area contributed by atoms with Gasteiger partial charge in [-0.1, -0.05) is 11.6 Å². The highest BCUT2D eigenvalue weighted by Crippen LogP contribution is 2.24. The van der Waals surface area contributed by atoms with Crippen molar-refractivity contribution in [2.45, 2.75) is 6.92 Å². The Morgan fingerprint density at radius 1 is 1.18 bits per heavy atom. The van der Waals surface area contributed by atoms with Crippen LogP contribution in [0.15, 0.2) is 30.3 Å². The fourth-order valence-electron chi connectivity index (χ4n) is 1.46. The SMILES string of the molecule is Cc1cc(Cl)ccc1Nc1ccc(N)c(N)n1. The van der Waals surface area contributed by atoms with Gasteiger partial charge in [0.05, 0.1) is 5.69 Å². The van der Waals surface area contributed by atoms with Crippen molar-refractivity contribution in [2.75, 3.05) is 16.8 Å². The van der Waals surface area contributed by atoms with Crippen molar-refractivity contribution >= 4 is 34.6 Å². The van der Waals surface area contributed by atoms with Crippen molar-refractivity contribution in [1.82, 2.24) is 4.98 Å². The molecule has 0 bridgehead atoms. The first kappa shape index (κ1) is 11.5. The molecule has 2 rings (SSSR count). The van der Waals surface area contributed by atoms with E-state index < -0.39 is 0 Å². The number of anilines is 4. The van der Waals surface area contributed by atoms with E-state index in [1.54, 1.807) is 12.1 Å². The Kier molecular flexibility index (Phi) is 3.06. The minimum atomic E-state index is 0.321. The van der Waals surface area contributed by atoms with Crippen LogP contribution in [0.3, 0.4) is 0 Å². The molecular weight excluding hydrogens is 236 g/mol. The lowest BCUT2D eigenvalue weighted by Crippen LogP contribution is -2.01. The maximum atomic E-state index is 5.89. The van der Waals surface area contributed by atoms with Crippen LogP contribution in [-0.4, -0.2) is 4.98 Å². The second kappa shape index (κ2) is 4.51. The Bertz CT molecular complexity index is 554. The van der Waals surface area contributed by atoms with Crippen molar-refractivity contribution in [1.29, 1.82) is 0 Å². The second-order valence-electron chi connectivity index (χ2n) is 3.76. The summed E-state index contributed by atoms with van der Waals surface area (Å²) in [5.74, 6) is 0.976. The Balaban J connectivity index is 2.28. The summed E-state index contributed by atoms with van der Waals surface area (Å²) < 4.78 is 0. The molecule has 0 unspecified atom stereocenters. The van der Waals surface area contributed by atoms with Gasteiger partial charge in [0.2, 0.25) is 0 Å². The highest BCUT2D eigenvalue weighted by Gasteiger charge is 2.02. The first-order valence-corrected chi connectivity index (χ1v) is 5.49. The van der Waals surface area contributed by atoms with Gasteiger partial charge < -0.3 is 16.8 Å². The van der Waals surface area contributed by atoms with E-state index in [4.69, 9.17) is 23.1 Å². The zero-order valence-electron chi connectivity index (χ0n) is 9.37. The van der Waals surface area contributed by atoms with E-state index in [0.29, 0.717) is 22.3 Å². The third kappa shape index (κ3) is 2.60. The van der Waals surface area contributed by atoms with E-state index in [2.05, 4.69) is 10.3 Å². The Morgan fingerprint density at radius 2 is 1.94 bits per heavy atom. The lowest BCUT2D eigenvalue weighted by atomic mass is 10.2. The zero-order valence-corrected chi connectivity index (χ0v) is 10.1. The molecule has 2 aromatic rings. The molecule has 4 nitrogen and oxygen atoms in total. The summed E-state index contributed by atoms with van der Waals surface area (Å²) in [6.07, 6.45) is 0. The van der Waals surface area contributed by atoms with Crippen molar-refractivity contribution in [3.05, 3.63) is 40.9 Å². The van der Waals surface area contributed by atoms with E-state index in [0.717, 1.165) is 11.3 Å². The fraction of sp³-hybridized carbons (Fsp3) is 0.0833. The number of nitrogen functional groups attached to an aromatic ring is 2. The molecule has 0 aliphatic heterocycles. The van der Waals surface area contributed by atoms with Gasteiger partial charge in [0, 0.05) is 10.7 Å². The van der Waals surface area contributed by atoms with Gasteiger partial charge in [-0.15, -0.1) is 0 Å². The number of nitrogens with one attached hydrogen (secondary N) is 1. The molecule has 0 aliphatic carbocycles. The molecule has 5 N–H and O–H groups in total. The van der Waals surface area contributed by atoms with E-state index in [-0.39, 0.29) is 0 Å². The summed E-state index contributed by atoms with van der Waals surface area (Å²) in [5.41, 5.74) is 13.7. The number of halogens is 1. The number of pyridine rings is 1. The van der Waals surface area contributed by atoms with Gasteiger partial charge in [-0.05, 0) is 42.8 Å². The number of aryl methyl sites for hydroxylation is 1. The molecule has 1 heterocycles. The predicted molar refractivity (Wildman–Crippen MR) is 72.5 cm³/mol. The normalized spacial score (nSPS) is 10.2. The van der Waals surface area contributed by atoms with Crippen molar-refractivity contribution < 1.29 is 0 Å². The van der Waals surface area contributed by atoms with Crippen LogP contribution in [0, 0.1) is 6.92 Å². The van der Waals surface area contributed by atoms with E-state index >= 15 is 0 Å². The first-order chi connectivity index (χ1) is 8.06. The number of benzene rings is 1. The highest BCUT2D eigenvalue weighted by atomic mass is 35.5. The number of hydrogen-bond donors (Lipinski definition) is 3. The first-order valence-electron chi connectivity index (χ1n) is 5.11. The van der Waals surface area contributed by atoms with Gasteiger partial charge in [-0.3, -0.25) is 0 Å². The topological polar surface area (TPSA) is 77.0 Å². The predicted octanol–water partition coefficient (Wildman–Crippen LogP) is 2.95. The molecule has 1 aromatic carbocycles. The van der Waals surface area contributed by atoms with Gasteiger partial charge in [0.25, 0.3) is 0 Å². The average molecular weight is 249 g/mol. The number of nitrogens with two attached hydrogens (primary N) is 2. The van der Waals surface area contributed by atoms with Crippen LogP contribution in [0.5, 0.6) is 0 Å². The van der Waals surface area contributed by atoms with Crippen molar-refractivity contribution in [2.24, 2.45) is 0 Å². The maximum Gasteiger partial charge on any atom is 0.149 e. The summed E-state index contributed by atoms with van der Waals surface area (Å²) in [6, 6.07) is 9.09. The molecule has 0 saturated heterocycles. The molecule has 0 atom stereocenters. The van der Waals surface area contributed by atoms with Crippen LogP contribution in [0.1, 0.15) is 5.56 Å². The zero-order chi connectivity index (χ0) is 12.4. The van der Waals surface area contributed by atoms with Crippen LogP contribution in [0.25, 0.3) is 0 Å². The minimum absolute atomic E-state index is 0.321. The number of nitrogens with zero attached hydrogens (tertiary/aromatic N) is 1. The Morgan fingerprint density at radius 3 is 2.59 bits per heavy atom. The summed E-state index contributed by atoms with van der Waals surface area (Å²) in [6.45, 7) is 1.97. The van der Waals surface area contributed by atoms with Gasteiger partial charge in [-0.2, -0.15) is 0 Å². The molecule has 88 valence electrons. The summed E-state index contributed by atoms with van der Waals surface area (Å²) in [4.78, 5) is 4.14. The number of hydrogen-bond acceptors (Lipinski definition) is 4. The molecular formula is C12H13ClN4. The van der Waals surface area contributed by atoms with E-state index in [1.807, 2.05) is 25.1 Å². The number of rotatable bonds is 2. The summed E-state index contributed by atoms with van der Waals surface area (Å²) >= 11 is 5.89. The third-order valence-electron chi connectivity index (χ3n) is 2.41. The molecule has 0 aliphatic rings. The molecule has 0 radical (unpaired) electrons. The molecule has 0 fully saturated rings. The van der Waals surface area contributed by atoms with Gasteiger partial charge in [0.1, 0.15) is 11.6 Å². The highest BCUT2D eigenvalue weighted by molar-refractivity contribution is 6.30. The molecule has 17 heavy (non-hydrogen) atoms.